The number of nitrogens with one attached hydrogen (secondary N) is 1. The first kappa shape index (κ1) is 24.4. The summed E-state index contributed by atoms with van der Waals surface area (Å²) in [6, 6.07) is 17.2. The molecule has 2 aromatic heterocycles. The SMILES string of the molecule is COc1ccc(C=CCN2CCc3c(c4ccc(Cl)cc4n3C(=O)NCc3ccnc(Cl)c3)C2)cc1. The summed E-state index contributed by atoms with van der Waals surface area (Å²) in [6.45, 7) is 2.80. The molecule has 6 nitrogen and oxygen atoms in total. The van der Waals surface area contributed by atoms with Gasteiger partial charge in [-0.1, -0.05) is 53.6 Å². The first-order chi connectivity index (χ1) is 17.5. The van der Waals surface area contributed by atoms with E-state index in [1.807, 2.05) is 48.5 Å². The van der Waals surface area contributed by atoms with Gasteiger partial charge < -0.3 is 10.1 Å². The highest BCUT2D eigenvalue weighted by Crippen LogP contribution is 2.32. The molecule has 0 saturated carbocycles. The highest BCUT2D eigenvalue weighted by molar-refractivity contribution is 6.31. The lowest BCUT2D eigenvalue weighted by atomic mass is 10.0. The lowest BCUT2D eigenvalue weighted by molar-refractivity contribution is 0.240. The van der Waals surface area contributed by atoms with Crippen molar-refractivity contribution >= 4 is 46.2 Å². The number of fused-ring (bicyclic) bond motifs is 3. The molecule has 1 aliphatic rings. The Morgan fingerprint density at radius 3 is 2.75 bits per heavy atom. The van der Waals surface area contributed by atoms with E-state index in [1.165, 1.54) is 5.56 Å². The molecule has 1 N–H and O–H groups in total. The van der Waals surface area contributed by atoms with Crippen LogP contribution in [0.1, 0.15) is 22.4 Å². The second-order valence-electron chi connectivity index (χ2n) is 8.73. The van der Waals surface area contributed by atoms with E-state index in [0.717, 1.165) is 59.5 Å². The summed E-state index contributed by atoms with van der Waals surface area (Å²) in [5, 5.41) is 5.08. The van der Waals surface area contributed by atoms with E-state index in [9.17, 15) is 4.79 Å². The number of carbonyl (C=O) groups is 1. The summed E-state index contributed by atoms with van der Waals surface area (Å²) in [7, 11) is 1.67. The molecular formula is C28H26Cl2N4O2. The Balaban J connectivity index is 1.35. The fourth-order valence-electron chi connectivity index (χ4n) is 4.64. The standard InChI is InChI=1S/C28H26Cl2N4O2/c1-36-22-7-4-19(5-8-22)3-2-13-33-14-11-25-24(18-33)23-9-6-21(29)16-26(23)34(25)28(35)32-17-20-10-12-31-27(30)15-20/h2-10,12,15-16H,11,13-14,17-18H2,1H3,(H,32,35). The molecule has 0 saturated heterocycles. The zero-order chi connectivity index (χ0) is 25.1. The number of hydrogen-bond donors (Lipinski definition) is 1. The molecule has 0 unspecified atom stereocenters. The first-order valence-electron chi connectivity index (χ1n) is 11.7. The second-order valence-corrected chi connectivity index (χ2v) is 9.55. The van der Waals surface area contributed by atoms with Crippen LogP contribution in [-0.4, -0.2) is 40.7 Å². The minimum atomic E-state index is -0.177. The number of rotatable bonds is 6. The Hall–Kier alpha value is -3.32. The fraction of sp³-hybridized carbons (Fsp3) is 0.214. The van der Waals surface area contributed by atoms with Gasteiger partial charge in [-0.25, -0.2) is 9.78 Å². The van der Waals surface area contributed by atoms with Crippen LogP contribution in [0.4, 0.5) is 4.79 Å². The van der Waals surface area contributed by atoms with Gasteiger partial charge in [0.15, 0.2) is 0 Å². The van der Waals surface area contributed by atoms with Gasteiger partial charge in [0, 0.05) is 54.9 Å². The minimum absolute atomic E-state index is 0.177. The lowest BCUT2D eigenvalue weighted by Gasteiger charge is -2.27. The van der Waals surface area contributed by atoms with Gasteiger partial charge >= 0.3 is 6.03 Å². The molecule has 0 fully saturated rings. The van der Waals surface area contributed by atoms with E-state index in [-0.39, 0.29) is 6.03 Å². The molecule has 1 amide bonds. The molecule has 36 heavy (non-hydrogen) atoms. The average molecular weight is 521 g/mol. The monoisotopic (exact) mass is 520 g/mol. The molecule has 184 valence electrons. The Bertz CT molecular complexity index is 1430. The number of carbonyl (C=O) groups excluding carboxylic acids is 1. The van der Waals surface area contributed by atoms with Gasteiger partial charge in [-0.05, 0) is 53.1 Å². The van der Waals surface area contributed by atoms with Gasteiger partial charge in [0.25, 0.3) is 0 Å². The molecule has 0 bridgehead atoms. The van der Waals surface area contributed by atoms with Gasteiger partial charge in [0.2, 0.25) is 0 Å². The molecule has 2 aromatic carbocycles. The predicted molar refractivity (Wildman–Crippen MR) is 145 cm³/mol. The topological polar surface area (TPSA) is 59.4 Å². The number of nitrogens with zero attached hydrogens (tertiary/aromatic N) is 3. The minimum Gasteiger partial charge on any atom is -0.497 e. The quantitative estimate of drug-likeness (QED) is 0.308. The summed E-state index contributed by atoms with van der Waals surface area (Å²) < 4.78 is 7.01. The van der Waals surface area contributed by atoms with Crippen LogP contribution < -0.4 is 10.1 Å². The fourth-order valence-corrected chi connectivity index (χ4v) is 5.00. The molecule has 0 aliphatic carbocycles. The third-order valence-electron chi connectivity index (χ3n) is 6.42. The predicted octanol–water partition coefficient (Wildman–Crippen LogP) is 6.18. The summed E-state index contributed by atoms with van der Waals surface area (Å²) in [6.07, 6.45) is 6.70. The summed E-state index contributed by atoms with van der Waals surface area (Å²) >= 11 is 12.3. The maximum Gasteiger partial charge on any atom is 0.326 e. The molecule has 5 rings (SSSR count). The maximum atomic E-state index is 13.3. The van der Waals surface area contributed by atoms with Crippen molar-refractivity contribution in [1.29, 1.82) is 0 Å². The van der Waals surface area contributed by atoms with Crippen LogP contribution in [0.2, 0.25) is 10.2 Å². The van der Waals surface area contributed by atoms with Crippen LogP contribution in [0.3, 0.4) is 0 Å². The van der Waals surface area contributed by atoms with Gasteiger partial charge in [-0.2, -0.15) is 0 Å². The van der Waals surface area contributed by atoms with E-state index in [4.69, 9.17) is 27.9 Å². The normalized spacial score (nSPS) is 13.8. The van der Waals surface area contributed by atoms with Crippen molar-refractivity contribution in [3.8, 4) is 5.75 Å². The van der Waals surface area contributed by atoms with Gasteiger partial charge in [0.1, 0.15) is 10.9 Å². The van der Waals surface area contributed by atoms with Crippen molar-refractivity contribution in [3.63, 3.8) is 0 Å². The number of hydrogen-bond acceptors (Lipinski definition) is 4. The van der Waals surface area contributed by atoms with Crippen LogP contribution in [-0.2, 0) is 19.5 Å². The van der Waals surface area contributed by atoms with Crippen LogP contribution >= 0.6 is 23.2 Å². The molecule has 0 atom stereocenters. The number of benzene rings is 2. The average Bonchev–Trinajstić information content (AvgIpc) is 3.20. The van der Waals surface area contributed by atoms with Crippen LogP contribution in [0.25, 0.3) is 17.0 Å². The van der Waals surface area contributed by atoms with Crippen LogP contribution in [0.5, 0.6) is 5.75 Å². The Morgan fingerprint density at radius 1 is 1.14 bits per heavy atom. The number of pyridine rings is 1. The lowest BCUT2D eigenvalue weighted by Crippen LogP contribution is -2.34. The van der Waals surface area contributed by atoms with Crippen molar-refractivity contribution < 1.29 is 9.53 Å². The third-order valence-corrected chi connectivity index (χ3v) is 6.86. The smallest absolute Gasteiger partial charge is 0.326 e. The van der Waals surface area contributed by atoms with E-state index >= 15 is 0 Å². The van der Waals surface area contributed by atoms with Crippen molar-refractivity contribution in [1.82, 2.24) is 19.8 Å². The zero-order valence-electron chi connectivity index (χ0n) is 19.9. The molecule has 4 aromatic rings. The number of methoxy groups -OCH3 is 1. The van der Waals surface area contributed by atoms with Crippen molar-refractivity contribution in [2.24, 2.45) is 0 Å². The molecule has 1 aliphatic heterocycles. The third kappa shape index (κ3) is 5.26. The van der Waals surface area contributed by atoms with Gasteiger partial charge in [-0.3, -0.25) is 9.47 Å². The highest BCUT2D eigenvalue weighted by Gasteiger charge is 2.26. The Labute approximate surface area is 220 Å². The molecule has 0 radical (unpaired) electrons. The van der Waals surface area contributed by atoms with E-state index < -0.39 is 0 Å². The summed E-state index contributed by atoms with van der Waals surface area (Å²) in [5.74, 6) is 0.848. The molecule has 3 heterocycles. The summed E-state index contributed by atoms with van der Waals surface area (Å²) in [5.41, 5.74) is 5.06. The van der Waals surface area contributed by atoms with Gasteiger partial charge in [-0.15, -0.1) is 0 Å². The summed E-state index contributed by atoms with van der Waals surface area (Å²) in [4.78, 5) is 19.7. The number of aromatic nitrogens is 2. The van der Waals surface area contributed by atoms with Crippen molar-refractivity contribution in [3.05, 3.63) is 99.4 Å². The largest absolute Gasteiger partial charge is 0.497 e. The van der Waals surface area contributed by atoms with Crippen LogP contribution in [0, 0.1) is 0 Å². The van der Waals surface area contributed by atoms with E-state index in [1.54, 1.807) is 23.9 Å². The maximum absolute atomic E-state index is 13.3. The van der Waals surface area contributed by atoms with Crippen LogP contribution in [0.15, 0.2) is 66.9 Å². The number of ether oxygens (including phenoxy) is 1. The highest BCUT2D eigenvalue weighted by atomic mass is 35.5. The second kappa shape index (κ2) is 10.7. The van der Waals surface area contributed by atoms with Crippen molar-refractivity contribution in [2.45, 2.75) is 19.5 Å². The Morgan fingerprint density at radius 2 is 1.97 bits per heavy atom. The molecule has 0 spiro atoms. The first-order valence-corrected chi connectivity index (χ1v) is 12.5. The number of amides is 1. The molecule has 8 heteroatoms. The van der Waals surface area contributed by atoms with Gasteiger partial charge in [0.05, 0.1) is 12.6 Å². The van der Waals surface area contributed by atoms with Crippen molar-refractivity contribution in [2.75, 3.05) is 20.2 Å². The van der Waals surface area contributed by atoms with E-state index in [0.29, 0.717) is 16.7 Å². The zero-order valence-corrected chi connectivity index (χ0v) is 21.4. The van der Waals surface area contributed by atoms with E-state index in [2.05, 4.69) is 27.4 Å². The molecular weight excluding hydrogens is 495 g/mol. The Kier molecular flexibility index (Phi) is 7.28. The number of halogens is 2.